The van der Waals surface area contributed by atoms with Crippen molar-refractivity contribution in [2.24, 2.45) is 5.92 Å². The third kappa shape index (κ3) is 6.49. The van der Waals surface area contributed by atoms with Crippen molar-refractivity contribution in [2.75, 3.05) is 65.3 Å². The average Bonchev–Trinajstić information content (AvgIpc) is 2.67. The Kier molecular flexibility index (Phi) is 8.26. The lowest BCUT2D eigenvalue weighted by Crippen LogP contribution is -2.50. The normalized spacial score (nSPS) is 16.6. The summed E-state index contributed by atoms with van der Waals surface area (Å²) in [7, 11) is 6.16. The van der Waals surface area contributed by atoms with Gasteiger partial charge >= 0.3 is 11.8 Å². The highest BCUT2D eigenvalue weighted by atomic mass is 16.2. The first-order chi connectivity index (χ1) is 13.3. The van der Waals surface area contributed by atoms with Crippen LogP contribution in [0.15, 0.2) is 24.3 Å². The van der Waals surface area contributed by atoms with E-state index in [1.165, 1.54) is 0 Å². The molecule has 7 nitrogen and oxygen atoms in total. The number of hydrogen-bond donors (Lipinski definition) is 2. The van der Waals surface area contributed by atoms with E-state index in [1.807, 2.05) is 27.9 Å². The van der Waals surface area contributed by atoms with Crippen LogP contribution in [-0.4, -0.2) is 82.0 Å². The molecule has 0 aromatic heterocycles. The van der Waals surface area contributed by atoms with Crippen molar-refractivity contribution in [3.8, 4) is 0 Å². The molecule has 1 aliphatic rings. The summed E-state index contributed by atoms with van der Waals surface area (Å²) in [6.07, 6.45) is 0. The van der Waals surface area contributed by atoms with Gasteiger partial charge in [-0.15, -0.1) is 0 Å². The Morgan fingerprint density at radius 2 is 1.50 bits per heavy atom. The van der Waals surface area contributed by atoms with Crippen LogP contribution in [0.3, 0.4) is 0 Å². The van der Waals surface area contributed by atoms with Crippen molar-refractivity contribution < 1.29 is 9.59 Å². The Labute approximate surface area is 169 Å². The van der Waals surface area contributed by atoms with E-state index in [4.69, 9.17) is 0 Å². The predicted octanol–water partition coefficient (Wildman–Crippen LogP) is 0.930. The molecule has 2 N–H and O–H groups in total. The van der Waals surface area contributed by atoms with Crippen LogP contribution < -0.4 is 15.5 Å². The van der Waals surface area contributed by atoms with Crippen LogP contribution in [0.4, 0.5) is 5.69 Å². The number of hydrogen-bond acceptors (Lipinski definition) is 5. The number of carbonyl (C=O) groups excluding carboxylic acids is 2. The second kappa shape index (κ2) is 10.4. The minimum absolute atomic E-state index is 0.0479. The minimum Gasteiger partial charge on any atom is -0.378 e. The van der Waals surface area contributed by atoms with Crippen molar-refractivity contribution in [3.05, 3.63) is 29.8 Å². The molecule has 2 rings (SSSR count). The highest BCUT2D eigenvalue weighted by Gasteiger charge is 2.25. The molecule has 7 heteroatoms. The largest absolute Gasteiger partial charge is 0.378 e. The fourth-order valence-corrected chi connectivity index (χ4v) is 3.23. The molecule has 0 saturated carbocycles. The number of benzene rings is 1. The number of rotatable bonds is 7. The molecule has 0 spiro atoms. The van der Waals surface area contributed by atoms with Gasteiger partial charge in [0.1, 0.15) is 0 Å². The zero-order valence-electron chi connectivity index (χ0n) is 17.9. The van der Waals surface area contributed by atoms with E-state index in [9.17, 15) is 9.59 Å². The van der Waals surface area contributed by atoms with Gasteiger partial charge in [-0.25, -0.2) is 0 Å². The summed E-state index contributed by atoms with van der Waals surface area (Å²) in [5, 5.41) is 5.51. The second-order valence-corrected chi connectivity index (χ2v) is 8.15. The highest BCUT2D eigenvalue weighted by molar-refractivity contribution is 6.35. The van der Waals surface area contributed by atoms with Crippen molar-refractivity contribution in [1.29, 1.82) is 0 Å². The molecular weight excluding hydrogens is 354 g/mol. The van der Waals surface area contributed by atoms with Gasteiger partial charge in [0.25, 0.3) is 0 Å². The van der Waals surface area contributed by atoms with E-state index in [1.54, 1.807) is 0 Å². The van der Waals surface area contributed by atoms with Crippen molar-refractivity contribution in [3.63, 3.8) is 0 Å². The van der Waals surface area contributed by atoms with Gasteiger partial charge in [0, 0.05) is 59.1 Å². The SMILES string of the molecule is CC(C)CNC(=O)C(=O)NC[C@@H](c1ccc(N(C)C)cc1)N1CCN(C)CC1. The Hall–Kier alpha value is -2.12. The third-order valence-corrected chi connectivity index (χ3v) is 5.11. The lowest BCUT2D eigenvalue weighted by molar-refractivity contribution is -0.139. The summed E-state index contributed by atoms with van der Waals surface area (Å²) in [6, 6.07) is 8.46. The average molecular weight is 390 g/mol. The van der Waals surface area contributed by atoms with Gasteiger partial charge in [-0.05, 0) is 30.7 Å². The van der Waals surface area contributed by atoms with Crippen molar-refractivity contribution in [2.45, 2.75) is 19.9 Å². The van der Waals surface area contributed by atoms with Crippen LogP contribution in [0.2, 0.25) is 0 Å². The standard InChI is InChI=1S/C21H35N5O2/c1-16(2)14-22-20(27)21(28)23-15-19(26-12-10-25(5)11-13-26)17-6-8-18(9-7-17)24(3)4/h6-9,16,19H,10-15H2,1-5H3,(H,22,27)(H,23,28)/t19-/m0/s1. The number of amides is 2. The first-order valence-corrected chi connectivity index (χ1v) is 10.0. The molecule has 1 heterocycles. The molecule has 0 bridgehead atoms. The van der Waals surface area contributed by atoms with Crippen molar-refractivity contribution >= 4 is 17.5 Å². The zero-order chi connectivity index (χ0) is 20.7. The van der Waals surface area contributed by atoms with Crippen LogP contribution in [0.25, 0.3) is 0 Å². The molecule has 1 aliphatic heterocycles. The molecule has 1 atom stereocenters. The summed E-state index contributed by atoms with van der Waals surface area (Å²) in [5.41, 5.74) is 2.29. The molecule has 0 unspecified atom stereocenters. The number of likely N-dealkylation sites (N-methyl/N-ethyl adjacent to an activating group) is 1. The first kappa shape index (κ1) is 22.2. The molecule has 0 aliphatic carbocycles. The van der Waals surface area contributed by atoms with Gasteiger partial charge < -0.3 is 20.4 Å². The number of piperazine rings is 1. The van der Waals surface area contributed by atoms with E-state index in [2.05, 4.69) is 56.6 Å². The van der Waals surface area contributed by atoms with E-state index in [-0.39, 0.29) is 6.04 Å². The summed E-state index contributed by atoms with van der Waals surface area (Å²) in [4.78, 5) is 31.0. The molecular formula is C21H35N5O2. The molecule has 2 amide bonds. The van der Waals surface area contributed by atoms with E-state index < -0.39 is 11.8 Å². The molecule has 1 aromatic carbocycles. The second-order valence-electron chi connectivity index (χ2n) is 8.15. The summed E-state index contributed by atoms with van der Waals surface area (Å²) in [6.45, 7) is 8.78. The van der Waals surface area contributed by atoms with Gasteiger partial charge in [-0.1, -0.05) is 26.0 Å². The smallest absolute Gasteiger partial charge is 0.309 e. The first-order valence-electron chi connectivity index (χ1n) is 10.0. The Morgan fingerprint density at radius 3 is 2.00 bits per heavy atom. The third-order valence-electron chi connectivity index (χ3n) is 5.11. The summed E-state index contributed by atoms with van der Waals surface area (Å²) >= 11 is 0. The van der Waals surface area contributed by atoms with Crippen molar-refractivity contribution in [1.82, 2.24) is 20.4 Å². The Morgan fingerprint density at radius 1 is 0.964 bits per heavy atom. The minimum atomic E-state index is -0.565. The lowest BCUT2D eigenvalue weighted by Gasteiger charge is -2.38. The Bertz CT molecular complexity index is 637. The van der Waals surface area contributed by atoms with Gasteiger partial charge in [0.15, 0.2) is 0 Å². The van der Waals surface area contributed by atoms with Gasteiger partial charge in [-0.2, -0.15) is 0 Å². The molecule has 1 aromatic rings. The topological polar surface area (TPSA) is 67.9 Å². The fraction of sp³-hybridized carbons (Fsp3) is 0.619. The maximum Gasteiger partial charge on any atom is 0.309 e. The zero-order valence-corrected chi connectivity index (χ0v) is 17.9. The van der Waals surface area contributed by atoms with Crippen LogP contribution in [0.1, 0.15) is 25.5 Å². The fourth-order valence-electron chi connectivity index (χ4n) is 3.23. The molecule has 1 saturated heterocycles. The van der Waals surface area contributed by atoms with Gasteiger partial charge in [0.05, 0.1) is 6.04 Å². The lowest BCUT2D eigenvalue weighted by atomic mass is 10.0. The van der Waals surface area contributed by atoms with Crippen LogP contribution in [0, 0.1) is 5.92 Å². The monoisotopic (exact) mass is 389 g/mol. The van der Waals surface area contributed by atoms with Gasteiger partial charge in [-0.3, -0.25) is 14.5 Å². The highest BCUT2D eigenvalue weighted by Crippen LogP contribution is 2.24. The van der Waals surface area contributed by atoms with E-state index in [0.29, 0.717) is 19.0 Å². The number of nitrogens with zero attached hydrogens (tertiary/aromatic N) is 3. The van der Waals surface area contributed by atoms with Crippen LogP contribution in [-0.2, 0) is 9.59 Å². The summed E-state index contributed by atoms with van der Waals surface area (Å²) in [5.74, 6) is -0.816. The quantitative estimate of drug-likeness (QED) is 0.679. The number of anilines is 1. The molecule has 0 radical (unpaired) electrons. The van der Waals surface area contributed by atoms with E-state index in [0.717, 1.165) is 37.4 Å². The van der Waals surface area contributed by atoms with Gasteiger partial charge in [0.2, 0.25) is 0 Å². The summed E-state index contributed by atoms with van der Waals surface area (Å²) < 4.78 is 0. The molecule has 156 valence electrons. The van der Waals surface area contributed by atoms with E-state index >= 15 is 0 Å². The molecule has 28 heavy (non-hydrogen) atoms. The van der Waals surface area contributed by atoms with Crippen LogP contribution >= 0.6 is 0 Å². The Balaban J connectivity index is 2.06. The molecule has 1 fully saturated rings. The number of nitrogens with one attached hydrogen (secondary N) is 2. The van der Waals surface area contributed by atoms with Crippen LogP contribution in [0.5, 0.6) is 0 Å². The predicted molar refractivity (Wildman–Crippen MR) is 113 cm³/mol. The number of carbonyl (C=O) groups is 2. The maximum absolute atomic E-state index is 12.2. The maximum atomic E-state index is 12.2.